The van der Waals surface area contributed by atoms with Gasteiger partial charge in [0.1, 0.15) is 0 Å². The minimum absolute atomic E-state index is 0.0169. The quantitative estimate of drug-likeness (QED) is 0.349. The number of fused-ring (bicyclic) bond motifs is 1. The van der Waals surface area contributed by atoms with Crippen molar-refractivity contribution in [3.05, 3.63) is 70.5 Å². The number of rotatable bonds is 8. The molecule has 0 saturated carbocycles. The molecule has 3 aromatic rings. The molecule has 9 heteroatoms. The van der Waals surface area contributed by atoms with Crippen LogP contribution >= 0.6 is 11.8 Å². The van der Waals surface area contributed by atoms with Crippen LogP contribution in [0.1, 0.15) is 25.8 Å². The Morgan fingerprint density at radius 3 is 2.53 bits per heavy atom. The number of carbonyl (C=O) groups is 1. The number of para-hydroxylation sites is 1. The molecule has 1 saturated heterocycles. The number of hydrogen-bond acceptors (Lipinski definition) is 6. The van der Waals surface area contributed by atoms with E-state index < -0.39 is 9.84 Å². The van der Waals surface area contributed by atoms with Crippen LogP contribution < -0.4 is 5.56 Å². The van der Waals surface area contributed by atoms with Crippen LogP contribution in [0, 0.1) is 5.92 Å². The second kappa shape index (κ2) is 10.3. The van der Waals surface area contributed by atoms with Gasteiger partial charge in [0, 0.05) is 12.6 Å². The maximum absolute atomic E-state index is 13.3. The zero-order valence-electron chi connectivity index (χ0n) is 19.4. The first-order valence-corrected chi connectivity index (χ1v) is 14.2. The van der Waals surface area contributed by atoms with Crippen LogP contribution in [0.3, 0.4) is 0 Å². The second-order valence-corrected chi connectivity index (χ2v) is 12.2. The molecule has 1 aliphatic rings. The summed E-state index contributed by atoms with van der Waals surface area (Å²) in [5.41, 5.74) is 1.41. The Balaban J connectivity index is 1.62. The van der Waals surface area contributed by atoms with Crippen LogP contribution in [0.2, 0.25) is 0 Å². The van der Waals surface area contributed by atoms with Crippen LogP contribution in [0.4, 0.5) is 0 Å². The molecule has 1 atom stereocenters. The molecule has 1 aromatic heterocycles. The van der Waals surface area contributed by atoms with Crippen molar-refractivity contribution in [1.82, 2.24) is 14.5 Å². The Morgan fingerprint density at radius 1 is 1.15 bits per heavy atom. The number of hydrogen-bond donors (Lipinski definition) is 0. The second-order valence-electron chi connectivity index (χ2n) is 9.07. The van der Waals surface area contributed by atoms with Gasteiger partial charge in [0.05, 0.1) is 34.7 Å². The minimum Gasteiger partial charge on any atom is -0.338 e. The normalized spacial score (nSPS) is 17.3. The van der Waals surface area contributed by atoms with Gasteiger partial charge in [0.25, 0.3) is 5.56 Å². The minimum atomic E-state index is -3.11. The van der Waals surface area contributed by atoms with E-state index in [2.05, 4.69) is 0 Å². The van der Waals surface area contributed by atoms with Crippen molar-refractivity contribution < 1.29 is 13.2 Å². The molecule has 1 unspecified atom stereocenters. The van der Waals surface area contributed by atoms with Crippen LogP contribution in [0.25, 0.3) is 10.9 Å². The number of thioether (sulfide) groups is 1. The first-order valence-electron chi connectivity index (χ1n) is 11.4. The summed E-state index contributed by atoms with van der Waals surface area (Å²) in [5.74, 6) is 0.309. The van der Waals surface area contributed by atoms with E-state index in [1.165, 1.54) is 11.8 Å². The molecule has 180 valence electrons. The Kier molecular flexibility index (Phi) is 7.42. The molecule has 1 aliphatic heterocycles. The highest BCUT2D eigenvalue weighted by molar-refractivity contribution is 7.99. The topological polar surface area (TPSA) is 89.3 Å². The SMILES string of the molecule is CC(C)CN(C(=O)CSc1nc2ccccc2c(=O)n1Cc1ccccc1)C1CCS(=O)(=O)C1. The molecule has 34 heavy (non-hydrogen) atoms. The Hall–Kier alpha value is -2.65. The average molecular weight is 500 g/mol. The lowest BCUT2D eigenvalue weighted by atomic mass is 10.1. The van der Waals surface area contributed by atoms with Gasteiger partial charge in [-0.05, 0) is 30.0 Å². The fourth-order valence-corrected chi connectivity index (χ4v) is 6.86. The third kappa shape index (κ3) is 5.70. The molecular weight excluding hydrogens is 470 g/mol. The lowest BCUT2D eigenvalue weighted by Crippen LogP contribution is -2.44. The molecule has 2 heterocycles. The van der Waals surface area contributed by atoms with Crippen LogP contribution in [0.5, 0.6) is 0 Å². The van der Waals surface area contributed by atoms with E-state index in [0.717, 1.165) is 5.56 Å². The largest absolute Gasteiger partial charge is 0.338 e. The molecule has 0 aliphatic carbocycles. The molecule has 7 nitrogen and oxygen atoms in total. The van der Waals surface area contributed by atoms with E-state index in [1.807, 2.05) is 56.3 Å². The standard InChI is InChI=1S/C25H29N3O4S2/c1-18(2)14-27(20-12-13-34(31,32)17-20)23(29)16-33-25-26-22-11-7-6-10-21(22)24(30)28(25)15-19-8-4-3-5-9-19/h3-11,18,20H,12-17H2,1-2H3. The molecule has 0 N–H and O–H groups in total. The van der Waals surface area contributed by atoms with Gasteiger partial charge in [-0.3, -0.25) is 14.2 Å². The molecule has 1 fully saturated rings. The predicted molar refractivity (Wildman–Crippen MR) is 136 cm³/mol. The smallest absolute Gasteiger partial charge is 0.262 e. The summed E-state index contributed by atoms with van der Waals surface area (Å²) in [6.07, 6.45) is 0.471. The fourth-order valence-electron chi connectivity index (χ4n) is 4.24. The average Bonchev–Trinajstić information content (AvgIpc) is 3.18. The summed E-state index contributed by atoms with van der Waals surface area (Å²) >= 11 is 1.23. The van der Waals surface area contributed by atoms with Gasteiger partial charge in [-0.1, -0.05) is 68.1 Å². The van der Waals surface area contributed by atoms with Gasteiger partial charge in [-0.15, -0.1) is 0 Å². The number of sulfone groups is 1. The van der Waals surface area contributed by atoms with E-state index in [0.29, 0.717) is 35.6 Å². The summed E-state index contributed by atoms with van der Waals surface area (Å²) in [6, 6.07) is 16.6. The van der Waals surface area contributed by atoms with Gasteiger partial charge >= 0.3 is 0 Å². The monoisotopic (exact) mass is 499 g/mol. The number of carbonyl (C=O) groups excluding carboxylic acids is 1. The van der Waals surface area contributed by atoms with Crippen LogP contribution in [-0.4, -0.2) is 58.6 Å². The highest BCUT2D eigenvalue weighted by atomic mass is 32.2. The van der Waals surface area contributed by atoms with Crippen molar-refractivity contribution in [2.45, 2.75) is 38.0 Å². The molecule has 0 radical (unpaired) electrons. The lowest BCUT2D eigenvalue weighted by Gasteiger charge is -2.30. The highest BCUT2D eigenvalue weighted by Crippen LogP contribution is 2.23. The predicted octanol–water partition coefficient (Wildman–Crippen LogP) is 3.21. The highest BCUT2D eigenvalue weighted by Gasteiger charge is 2.34. The fraction of sp³-hybridized carbons (Fsp3) is 0.400. The molecule has 0 spiro atoms. The third-order valence-electron chi connectivity index (χ3n) is 5.87. The van der Waals surface area contributed by atoms with Gasteiger partial charge in [-0.25, -0.2) is 13.4 Å². The van der Waals surface area contributed by atoms with Crippen LogP contribution in [0.15, 0.2) is 64.5 Å². The summed E-state index contributed by atoms with van der Waals surface area (Å²) < 4.78 is 25.7. The molecule has 1 amide bonds. The number of aromatic nitrogens is 2. The molecule has 4 rings (SSSR count). The van der Waals surface area contributed by atoms with E-state index >= 15 is 0 Å². The molecule has 0 bridgehead atoms. The van der Waals surface area contributed by atoms with Crippen molar-refractivity contribution in [2.24, 2.45) is 5.92 Å². The van der Waals surface area contributed by atoms with Gasteiger partial charge < -0.3 is 4.90 Å². The first-order chi connectivity index (χ1) is 16.2. The van der Waals surface area contributed by atoms with Crippen molar-refractivity contribution in [1.29, 1.82) is 0 Å². The number of nitrogens with zero attached hydrogens (tertiary/aromatic N) is 3. The maximum Gasteiger partial charge on any atom is 0.262 e. The zero-order valence-corrected chi connectivity index (χ0v) is 21.0. The van der Waals surface area contributed by atoms with Crippen molar-refractivity contribution in [2.75, 3.05) is 23.8 Å². The number of amides is 1. The van der Waals surface area contributed by atoms with E-state index in [9.17, 15) is 18.0 Å². The summed E-state index contributed by atoms with van der Waals surface area (Å²) in [6.45, 7) is 4.88. The summed E-state index contributed by atoms with van der Waals surface area (Å²) in [5, 5.41) is 1.01. The van der Waals surface area contributed by atoms with Gasteiger partial charge in [-0.2, -0.15) is 0 Å². The van der Waals surface area contributed by atoms with Crippen molar-refractivity contribution in [3.63, 3.8) is 0 Å². The molecule has 2 aromatic carbocycles. The maximum atomic E-state index is 13.3. The summed E-state index contributed by atoms with van der Waals surface area (Å²) in [4.78, 5) is 33.0. The van der Waals surface area contributed by atoms with Gasteiger partial charge in [0.2, 0.25) is 5.91 Å². The third-order valence-corrected chi connectivity index (χ3v) is 8.58. The molecular formula is C25H29N3O4S2. The van der Waals surface area contributed by atoms with Crippen LogP contribution in [-0.2, 0) is 21.2 Å². The zero-order chi connectivity index (χ0) is 24.3. The first kappa shape index (κ1) is 24.5. The lowest BCUT2D eigenvalue weighted by molar-refractivity contribution is -0.130. The van der Waals surface area contributed by atoms with Crippen molar-refractivity contribution in [3.8, 4) is 0 Å². The van der Waals surface area contributed by atoms with Crippen molar-refractivity contribution >= 4 is 38.4 Å². The Bertz CT molecular complexity index is 1340. The Morgan fingerprint density at radius 2 is 1.85 bits per heavy atom. The van der Waals surface area contributed by atoms with E-state index in [-0.39, 0.29) is 40.7 Å². The van der Waals surface area contributed by atoms with E-state index in [1.54, 1.807) is 21.6 Å². The van der Waals surface area contributed by atoms with Gasteiger partial charge in [0.15, 0.2) is 15.0 Å². The summed E-state index contributed by atoms with van der Waals surface area (Å²) in [7, 11) is -3.11. The Labute approximate surface area is 204 Å². The number of benzene rings is 2. The van der Waals surface area contributed by atoms with E-state index in [4.69, 9.17) is 4.98 Å².